The molecule has 112 valence electrons. The normalized spacial score (nSPS) is 14.0. The van der Waals surface area contributed by atoms with E-state index in [9.17, 15) is 4.79 Å². The van der Waals surface area contributed by atoms with E-state index in [0.29, 0.717) is 0 Å². The van der Waals surface area contributed by atoms with Crippen LogP contribution in [0, 0.1) is 0 Å². The minimum atomic E-state index is -0.357. The van der Waals surface area contributed by atoms with Gasteiger partial charge in [-0.05, 0) is 34.9 Å². The smallest absolute Gasteiger partial charge is 0.330 e. The molecular formula is C19H18O3. The standard InChI is InChI=1S/C19H18O3/c1-21-19(20)11-8-14-6-9-17(10-7-14)22-18-12-15-4-2-3-5-16(15)13-18/h2-11,18H,12-13H2,1H3. The van der Waals surface area contributed by atoms with Crippen molar-refractivity contribution in [3.8, 4) is 5.75 Å². The van der Waals surface area contributed by atoms with Crippen LogP contribution in [0.15, 0.2) is 54.6 Å². The predicted octanol–water partition coefficient (Wildman–Crippen LogP) is 3.42. The second-order valence-corrected chi connectivity index (χ2v) is 5.34. The second-order valence-electron chi connectivity index (χ2n) is 5.34. The molecule has 0 radical (unpaired) electrons. The molecule has 22 heavy (non-hydrogen) atoms. The van der Waals surface area contributed by atoms with Crippen LogP contribution in [0.1, 0.15) is 16.7 Å². The fraction of sp³-hybridized carbons (Fsp3) is 0.211. The minimum absolute atomic E-state index is 0.203. The number of benzene rings is 2. The number of hydrogen-bond acceptors (Lipinski definition) is 3. The SMILES string of the molecule is COC(=O)C=Cc1ccc(OC2Cc3ccccc3C2)cc1. The van der Waals surface area contributed by atoms with Gasteiger partial charge in [-0.15, -0.1) is 0 Å². The molecular weight excluding hydrogens is 276 g/mol. The van der Waals surface area contributed by atoms with Crippen molar-refractivity contribution in [1.82, 2.24) is 0 Å². The summed E-state index contributed by atoms with van der Waals surface area (Å²) >= 11 is 0. The zero-order chi connectivity index (χ0) is 15.4. The molecule has 2 aromatic rings. The molecule has 0 N–H and O–H groups in total. The number of fused-ring (bicyclic) bond motifs is 1. The lowest BCUT2D eigenvalue weighted by atomic mass is 10.1. The predicted molar refractivity (Wildman–Crippen MR) is 85.8 cm³/mol. The maximum atomic E-state index is 11.1. The molecule has 1 aliphatic rings. The third-order valence-electron chi connectivity index (χ3n) is 3.81. The van der Waals surface area contributed by atoms with Gasteiger partial charge in [0.2, 0.25) is 0 Å². The van der Waals surface area contributed by atoms with Crippen molar-refractivity contribution >= 4 is 12.0 Å². The van der Waals surface area contributed by atoms with Gasteiger partial charge in [-0.2, -0.15) is 0 Å². The van der Waals surface area contributed by atoms with E-state index in [1.807, 2.05) is 24.3 Å². The fourth-order valence-corrected chi connectivity index (χ4v) is 2.68. The Morgan fingerprint density at radius 2 is 1.68 bits per heavy atom. The van der Waals surface area contributed by atoms with Gasteiger partial charge in [0, 0.05) is 18.9 Å². The highest BCUT2D eigenvalue weighted by molar-refractivity contribution is 5.86. The van der Waals surface area contributed by atoms with Crippen molar-refractivity contribution in [2.24, 2.45) is 0 Å². The molecule has 0 aliphatic heterocycles. The van der Waals surface area contributed by atoms with Gasteiger partial charge in [-0.1, -0.05) is 36.4 Å². The first-order valence-corrected chi connectivity index (χ1v) is 7.34. The Balaban J connectivity index is 1.61. The number of esters is 1. The molecule has 0 fully saturated rings. The van der Waals surface area contributed by atoms with Gasteiger partial charge >= 0.3 is 5.97 Å². The van der Waals surface area contributed by atoms with Crippen LogP contribution in [-0.4, -0.2) is 19.2 Å². The lowest BCUT2D eigenvalue weighted by Gasteiger charge is -2.13. The first-order chi connectivity index (χ1) is 10.7. The topological polar surface area (TPSA) is 35.5 Å². The quantitative estimate of drug-likeness (QED) is 0.640. The number of ether oxygens (including phenoxy) is 2. The maximum absolute atomic E-state index is 11.1. The van der Waals surface area contributed by atoms with E-state index in [2.05, 4.69) is 29.0 Å². The molecule has 0 amide bonds. The summed E-state index contributed by atoms with van der Waals surface area (Å²) in [6.07, 6.45) is 5.25. The number of rotatable bonds is 4. The molecule has 0 saturated carbocycles. The third kappa shape index (κ3) is 3.37. The minimum Gasteiger partial charge on any atom is -0.490 e. The van der Waals surface area contributed by atoms with Crippen molar-refractivity contribution < 1.29 is 14.3 Å². The molecule has 0 saturated heterocycles. The lowest BCUT2D eigenvalue weighted by Crippen LogP contribution is -2.16. The van der Waals surface area contributed by atoms with Gasteiger partial charge in [0.25, 0.3) is 0 Å². The molecule has 0 spiro atoms. The van der Waals surface area contributed by atoms with Crippen LogP contribution in [0.25, 0.3) is 6.08 Å². The molecule has 0 heterocycles. The monoisotopic (exact) mass is 294 g/mol. The van der Waals surface area contributed by atoms with Crippen LogP contribution >= 0.6 is 0 Å². The van der Waals surface area contributed by atoms with Gasteiger partial charge < -0.3 is 9.47 Å². The van der Waals surface area contributed by atoms with Crippen molar-refractivity contribution in [2.45, 2.75) is 18.9 Å². The van der Waals surface area contributed by atoms with E-state index in [-0.39, 0.29) is 12.1 Å². The number of carbonyl (C=O) groups is 1. The molecule has 1 aliphatic carbocycles. The van der Waals surface area contributed by atoms with E-state index < -0.39 is 0 Å². The van der Waals surface area contributed by atoms with Crippen molar-refractivity contribution in [2.75, 3.05) is 7.11 Å². The Labute approximate surface area is 130 Å². The zero-order valence-electron chi connectivity index (χ0n) is 12.5. The van der Waals surface area contributed by atoms with Crippen molar-refractivity contribution in [3.05, 3.63) is 71.3 Å². The number of hydrogen-bond donors (Lipinski definition) is 0. The first kappa shape index (κ1) is 14.4. The highest BCUT2D eigenvalue weighted by atomic mass is 16.5. The zero-order valence-corrected chi connectivity index (χ0v) is 12.5. The van der Waals surface area contributed by atoms with Gasteiger partial charge in [-0.25, -0.2) is 4.79 Å². The van der Waals surface area contributed by atoms with Crippen LogP contribution in [0.2, 0.25) is 0 Å². The summed E-state index contributed by atoms with van der Waals surface area (Å²) in [5, 5.41) is 0. The largest absolute Gasteiger partial charge is 0.490 e. The average Bonchev–Trinajstić information content (AvgIpc) is 2.96. The van der Waals surface area contributed by atoms with E-state index >= 15 is 0 Å². The molecule has 3 nitrogen and oxygen atoms in total. The highest BCUT2D eigenvalue weighted by Gasteiger charge is 2.22. The molecule has 0 bridgehead atoms. The summed E-state index contributed by atoms with van der Waals surface area (Å²) < 4.78 is 10.6. The average molecular weight is 294 g/mol. The summed E-state index contributed by atoms with van der Waals surface area (Å²) in [5.74, 6) is 0.497. The molecule has 2 aromatic carbocycles. The Bertz CT molecular complexity index is 661. The van der Waals surface area contributed by atoms with Crippen molar-refractivity contribution in [1.29, 1.82) is 0 Å². The molecule has 0 atom stereocenters. The van der Waals surface area contributed by atoms with Crippen LogP contribution in [0.3, 0.4) is 0 Å². The third-order valence-corrected chi connectivity index (χ3v) is 3.81. The molecule has 3 rings (SSSR count). The van der Waals surface area contributed by atoms with Gasteiger partial charge in [-0.3, -0.25) is 0 Å². The Morgan fingerprint density at radius 1 is 1.05 bits per heavy atom. The van der Waals surface area contributed by atoms with Gasteiger partial charge in [0.15, 0.2) is 0 Å². The van der Waals surface area contributed by atoms with E-state index in [4.69, 9.17) is 4.74 Å². The molecule has 0 unspecified atom stereocenters. The summed E-state index contributed by atoms with van der Waals surface area (Å²) in [5.41, 5.74) is 3.70. The Morgan fingerprint density at radius 3 is 2.27 bits per heavy atom. The van der Waals surface area contributed by atoms with Crippen LogP contribution in [0.4, 0.5) is 0 Å². The Hall–Kier alpha value is -2.55. The van der Waals surface area contributed by atoms with E-state index in [1.165, 1.54) is 24.3 Å². The van der Waals surface area contributed by atoms with Crippen molar-refractivity contribution in [3.63, 3.8) is 0 Å². The summed E-state index contributed by atoms with van der Waals surface area (Å²) in [4.78, 5) is 11.1. The van der Waals surface area contributed by atoms with Gasteiger partial charge in [0.1, 0.15) is 11.9 Å². The molecule has 3 heteroatoms. The lowest BCUT2D eigenvalue weighted by molar-refractivity contribution is -0.134. The van der Waals surface area contributed by atoms with Crippen LogP contribution in [-0.2, 0) is 22.4 Å². The summed E-state index contributed by atoms with van der Waals surface area (Å²) in [6, 6.07) is 16.2. The fourth-order valence-electron chi connectivity index (χ4n) is 2.68. The number of carbonyl (C=O) groups excluding carboxylic acids is 1. The summed E-state index contributed by atoms with van der Waals surface area (Å²) in [6.45, 7) is 0. The second kappa shape index (κ2) is 6.48. The maximum Gasteiger partial charge on any atom is 0.330 e. The van der Waals surface area contributed by atoms with Crippen LogP contribution < -0.4 is 4.74 Å². The van der Waals surface area contributed by atoms with Gasteiger partial charge in [0.05, 0.1) is 7.11 Å². The molecule has 0 aromatic heterocycles. The van der Waals surface area contributed by atoms with E-state index in [0.717, 1.165) is 24.2 Å². The van der Waals surface area contributed by atoms with E-state index in [1.54, 1.807) is 6.08 Å². The highest BCUT2D eigenvalue weighted by Crippen LogP contribution is 2.25. The number of methoxy groups -OCH3 is 1. The summed E-state index contributed by atoms with van der Waals surface area (Å²) in [7, 11) is 1.36. The Kier molecular flexibility index (Phi) is 4.24. The first-order valence-electron chi connectivity index (χ1n) is 7.34. The van der Waals surface area contributed by atoms with Crippen LogP contribution in [0.5, 0.6) is 5.75 Å².